The maximum atomic E-state index is 13.3. The molecule has 0 unspecified atom stereocenters. The summed E-state index contributed by atoms with van der Waals surface area (Å²) >= 11 is 3.46. The van der Waals surface area contributed by atoms with Crippen molar-refractivity contribution in [2.75, 3.05) is 0 Å². The smallest absolute Gasteiger partial charge is 0.266 e. The Hall–Kier alpha value is -2.98. The first-order valence-electron chi connectivity index (χ1n) is 9.89. The molecule has 0 saturated carbocycles. The first-order chi connectivity index (χ1) is 14.3. The number of rotatable bonds is 3. The maximum Gasteiger partial charge on any atom is 0.266 e. The van der Waals surface area contributed by atoms with E-state index in [9.17, 15) is 4.79 Å². The van der Waals surface area contributed by atoms with E-state index in [0.717, 1.165) is 15.7 Å². The molecule has 4 rings (SSSR count). The van der Waals surface area contributed by atoms with Gasteiger partial charge in [-0.2, -0.15) is 0 Å². The van der Waals surface area contributed by atoms with Crippen molar-refractivity contribution < 1.29 is 0 Å². The van der Waals surface area contributed by atoms with Gasteiger partial charge in [-0.05, 0) is 59.0 Å². The predicted molar refractivity (Wildman–Crippen MR) is 129 cm³/mol. The summed E-state index contributed by atoms with van der Waals surface area (Å²) in [7, 11) is 0. The van der Waals surface area contributed by atoms with Gasteiger partial charge in [-0.25, -0.2) is 4.98 Å². The van der Waals surface area contributed by atoms with Crippen LogP contribution in [-0.2, 0) is 5.41 Å². The Morgan fingerprint density at radius 3 is 2.20 bits per heavy atom. The highest BCUT2D eigenvalue weighted by molar-refractivity contribution is 9.10. The van der Waals surface area contributed by atoms with E-state index in [1.54, 1.807) is 4.57 Å². The summed E-state index contributed by atoms with van der Waals surface area (Å²) in [5.74, 6) is 0.598. The Morgan fingerprint density at radius 2 is 1.53 bits per heavy atom. The fraction of sp³-hybridized carbons (Fsp3) is 0.154. The molecule has 0 saturated heterocycles. The van der Waals surface area contributed by atoms with Crippen molar-refractivity contribution >= 4 is 39.0 Å². The number of hydrogen-bond acceptors (Lipinski definition) is 2. The normalized spacial score (nSPS) is 12.0. The fourth-order valence-electron chi connectivity index (χ4n) is 3.37. The van der Waals surface area contributed by atoms with Crippen LogP contribution >= 0.6 is 15.9 Å². The minimum absolute atomic E-state index is 0.0781. The Balaban J connectivity index is 1.83. The van der Waals surface area contributed by atoms with Crippen molar-refractivity contribution in [3.05, 3.63) is 105 Å². The van der Waals surface area contributed by atoms with Gasteiger partial charge >= 0.3 is 0 Å². The molecule has 3 aromatic carbocycles. The Labute approximate surface area is 184 Å². The average Bonchev–Trinajstić information content (AvgIpc) is 2.73. The van der Waals surface area contributed by atoms with Gasteiger partial charge in [0.1, 0.15) is 5.82 Å². The maximum absolute atomic E-state index is 13.3. The summed E-state index contributed by atoms with van der Waals surface area (Å²) in [5, 5.41) is 0.604. The minimum Gasteiger partial charge on any atom is -0.268 e. The number of hydrogen-bond donors (Lipinski definition) is 0. The van der Waals surface area contributed by atoms with E-state index in [-0.39, 0.29) is 11.0 Å². The fourth-order valence-corrected chi connectivity index (χ4v) is 3.63. The van der Waals surface area contributed by atoms with Crippen molar-refractivity contribution in [3.63, 3.8) is 0 Å². The quantitative estimate of drug-likeness (QED) is 0.345. The van der Waals surface area contributed by atoms with E-state index in [1.807, 2.05) is 60.7 Å². The molecule has 0 aliphatic heterocycles. The number of aromatic nitrogens is 2. The second-order valence-electron chi connectivity index (χ2n) is 8.31. The van der Waals surface area contributed by atoms with Crippen LogP contribution in [0.2, 0.25) is 0 Å². The summed E-state index contributed by atoms with van der Waals surface area (Å²) in [6.07, 6.45) is 3.90. The third-order valence-electron chi connectivity index (χ3n) is 5.09. The molecule has 4 aromatic rings. The molecule has 30 heavy (non-hydrogen) atoms. The number of fused-ring (bicyclic) bond motifs is 1. The second kappa shape index (κ2) is 8.04. The SMILES string of the molecule is CC(C)(C)c1ccc(C=Cc2nc3ccccc3c(=O)n2-c2ccc(Br)cc2)cc1. The zero-order chi connectivity index (χ0) is 21.3. The van der Waals surface area contributed by atoms with Crippen LogP contribution in [0.15, 0.2) is 82.1 Å². The molecule has 0 atom stereocenters. The van der Waals surface area contributed by atoms with Crippen LogP contribution < -0.4 is 5.56 Å². The van der Waals surface area contributed by atoms with Crippen LogP contribution in [0.4, 0.5) is 0 Å². The molecular formula is C26H23BrN2O. The number of halogens is 1. The van der Waals surface area contributed by atoms with E-state index in [1.165, 1.54) is 5.56 Å². The molecule has 0 bridgehead atoms. The number of nitrogens with zero attached hydrogens (tertiary/aromatic N) is 2. The standard InChI is InChI=1S/C26H23BrN2O/c1-26(2,3)19-11-8-18(9-12-19)10-17-24-28-23-7-5-4-6-22(23)25(30)29(24)21-15-13-20(27)14-16-21/h4-17H,1-3H3. The summed E-state index contributed by atoms with van der Waals surface area (Å²) < 4.78 is 2.62. The van der Waals surface area contributed by atoms with Gasteiger partial charge in [0.25, 0.3) is 5.56 Å². The minimum atomic E-state index is -0.0781. The highest BCUT2D eigenvalue weighted by Gasteiger charge is 2.13. The van der Waals surface area contributed by atoms with Crippen LogP contribution in [0.25, 0.3) is 28.7 Å². The van der Waals surface area contributed by atoms with E-state index < -0.39 is 0 Å². The van der Waals surface area contributed by atoms with E-state index in [2.05, 4.69) is 61.0 Å². The number of benzene rings is 3. The molecule has 0 amide bonds. The Morgan fingerprint density at radius 1 is 0.867 bits per heavy atom. The predicted octanol–water partition coefficient (Wildman–Crippen LogP) is 6.62. The Bertz CT molecular complexity index is 1280. The van der Waals surface area contributed by atoms with Gasteiger partial charge < -0.3 is 0 Å². The van der Waals surface area contributed by atoms with Crippen molar-refractivity contribution in [3.8, 4) is 5.69 Å². The van der Waals surface area contributed by atoms with Gasteiger partial charge in [-0.1, -0.05) is 79.2 Å². The molecule has 0 radical (unpaired) electrons. The van der Waals surface area contributed by atoms with Crippen molar-refractivity contribution in [1.29, 1.82) is 0 Å². The molecule has 0 fully saturated rings. The molecule has 0 spiro atoms. The summed E-state index contributed by atoms with van der Waals surface area (Å²) in [6.45, 7) is 6.61. The summed E-state index contributed by atoms with van der Waals surface area (Å²) in [4.78, 5) is 18.0. The lowest BCUT2D eigenvalue weighted by atomic mass is 9.87. The molecule has 0 N–H and O–H groups in total. The van der Waals surface area contributed by atoms with E-state index >= 15 is 0 Å². The second-order valence-corrected chi connectivity index (χ2v) is 9.23. The largest absolute Gasteiger partial charge is 0.268 e. The third-order valence-corrected chi connectivity index (χ3v) is 5.62. The topological polar surface area (TPSA) is 34.9 Å². The lowest BCUT2D eigenvalue weighted by molar-refractivity contribution is 0.590. The van der Waals surface area contributed by atoms with Gasteiger partial charge in [0.15, 0.2) is 0 Å². The monoisotopic (exact) mass is 458 g/mol. The highest BCUT2D eigenvalue weighted by Crippen LogP contribution is 2.23. The molecule has 3 nitrogen and oxygen atoms in total. The molecule has 0 aliphatic rings. The van der Waals surface area contributed by atoms with Crippen LogP contribution in [0, 0.1) is 0 Å². The summed E-state index contributed by atoms with van der Waals surface area (Å²) in [5.41, 5.74) is 3.86. The zero-order valence-corrected chi connectivity index (χ0v) is 18.8. The Kier molecular flexibility index (Phi) is 5.44. The lowest BCUT2D eigenvalue weighted by Crippen LogP contribution is -2.22. The van der Waals surface area contributed by atoms with Crippen LogP contribution in [-0.4, -0.2) is 9.55 Å². The summed E-state index contributed by atoms with van der Waals surface area (Å²) in [6, 6.07) is 23.6. The van der Waals surface area contributed by atoms with E-state index in [0.29, 0.717) is 16.7 Å². The van der Waals surface area contributed by atoms with E-state index in [4.69, 9.17) is 4.98 Å². The van der Waals surface area contributed by atoms with Crippen LogP contribution in [0.3, 0.4) is 0 Å². The van der Waals surface area contributed by atoms with Gasteiger partial charge in [-0.3, -0.25) is 9.36 Å². The molecule has 1 aromatic heterocycles. The third kappa shape index (κ3) is 4.14. The molecule has 1 heterocycles. The zero-order valence-electron chi connectivity index (χ0n) is 17.3. The van der Waals surface area contributed by atoms with Crippen molar-refractivity contribution in [2.24, 2.45) is 0 Å². The van der Waals surface area contributed by atoms with Gasteiger partial charge in [0.2, 0.25) is 0 Å². The highest BCUT2D eigenvalue weighted by atomic mass is 79.9. The van der Waals surface area contributed by atoms with Crippen LogP contribution in [0.5, 0.6) is 0 Å². The molecule has 4 heteroatoms. The van der Waals surface area contributed by atoms with Gasteiger partial charge in [-0.15, -0.1) is 0 Å². The van der Waals surface area contributed by atoms with Crippen molar-refractivity contribution in [2.45, 2.75) is 26.2 Å². The van der Waals surface area contributed by atoms with Crippen LogP contribution in [0.1, 0.15) is 37.7 Å². The van der Waals surface area contributed by atoms with Gasteiger partial charge in [0, 0.05) is 4.47 Å². The number of para-hydroxylation sites is 1. The molecular weight excluding hydrogens is 436 g/mol. The molecule has 0 aliphatic carbocycles. The molecule has 150 valence electrons. The first-order valence-corrected chi connectivity index (χ1v) is 10.7. The van der Waals surface area contributed by atoms with Gasteiger partial charge in [0.05, 0.1) is 16.6 Å². The lowest BCUT2D eigenvalue weighted by Gasteiger charge is -2.18. The first kappa shape index (κ1) is 20.3. The van der Waals surface area contributed by atoms with Crippen molar-refractivity contribution in [1.82, 2.24) is 9.55 Å². The average molecular weight is 459 g/mol.